The number of nitrogens with one attached hydrogen (secondary N) is 1. The molecule has 0 atom stereocenters. The molecule has 232 valence electrons. The quantitative estimate of drug-likeness (QED) is 0.151. The average molecular weight is 591 g/mol. The van der Waals surface area contributed by atoms with Crippen LogP contribution in [0.2, 0.25) is 0 Å². The fourth-order valence-corrected chi connectivity index (χ4v) is 3.83. The van der Waals surface area contributed by atoms with Crippen LogP contribution in [0, 0.1) is 0 Å². The molecule has 3 aromatic rings. The molecule has 0 spiro atoms. The summed E-state index contributed by atoms with van der Waals surface area (Å²) in [5.41, 5.74) is 7.72. The van der Waals surface area contributed by atoms with Crippen molar-refractivity contribution in [3.8, 4) is 6.01 Å². The lowest BCUT2D eigenvalue weighted by atomic mass is 10.1. The molecule has 0 radical (unpaired) electrons. The summed E-state index contributed by atoms with van der Waals surface area (Å²) in [6, 6.07) is 7.19. The van der Waals surface area contributed by atoms with Gasteiger partial charge in [-0.15, -0.1) is 0 Å². The molecule has 0 unspecified atom stereocenters. The van der Waals surface area contributed by atoms with Gasteiger partial charge in [-0.25, -0.2) is 4.79 Å². The van der Waals surface area contributed by atoms with Crippen molar-refractivity contribution in [3.63, 3.8) is 0 Å². The van der Waals surface area contributed by atoms with Crippen LogP contribution in [0.4, 0.5) is 5.82 Å². The van der Waals surface area contributed by atoms with E-state index >= 15 is 0 Å². The first kappa shape index (κ1) is 32.9. The van der Waals surface area contributed by atoms with E-state index < -0.39 is 0 Å². The topological polar surface area (TPSA) is 176 Å². The standard InChI is InChI=1S/C28H42N6O8/c1-3-4-11-42-27-31-24(29)23-25(32-27)34(28(37)30-23)20-21-5-7-22(8-6-21)26(36)33(2)9-12-38-14-16-40-18-19-41-17-15-39-13-10-35/h5-8,35H,3-4,9-20H2,1-2H3,(H,30,37)(H2,29,31,32). The first-order valence-electron chi connectivity index (χ1n) is 14.1. The normalized spacial score (nSPS) is 11.3. The smallest absolute Gasteiger partial charge is 0.328 e. The number of nitrogens with two attached hydrogens (primary N) is 1. The number of amides is 1. The number of ether oxygens (including phenoxy) is 5. The van der Waals surface area contributed by atoms with E-state index in [1.165, 1.54) is 4.57 Å². The molecule has 0 saturated heterocycles. The van der Waals surface area contributed by atoms with E-state index in [1.807, 2.05) is 0 Å². The number of carbonyl (C=O) groups is 1. The molecule has 1 amide bonds. The molecule has 2 aromatic heterocycles. The van der Waals surface area contributed by atoms with Crippen LogP contribution in [-0.2, 0) is 25.5 Å². The van der Waals surface area contributed by atoms with Crippen LogP contribution < -0.4 is 16.2 Å². The molecular formula is C28H42N6O8. The van der Waals surface area contributed by atoms with Gasteiger partial charge in [0.1, 0.15) is 5.52 Å². The Bertz CT molecular complexity index is 1280. The molecule has 0 aliphatic heterocycles. The Balaban J connectivity index is 1.41. The fourth-order valence-electron chi connectivity index (χ4n) is 3.83. The molecule has 14 heteroatoms. The summed E-state index contributed by atoms with van der Waals surface area (Å²) in [6.45, 7) is 6.48. The number of nitrogens with zero attached hydrogens (tertiary/aromatic N) is 4. The van der Waals surface area contributed by atoms with Gasteiger partial charge in [0.15, 0.2) is 11.5 Å². The largest absolute Gasteiger partial charge is 0.463 e. The molecule has 0 fully saturated rings. The predicted octanol–water partition coefficient (Wildman–Crippen LogP) is 1.06. The third kappa shape index (κ3) is 10.4. The lowest BCUT2D eigenvalue weighted by molar-refractivity contribution is -0.00658. The Morgan fingerprint density at radius 1 is 0.952 bits per heavy atom. The predicted molar refractivity (Wildman–Crippen MR) is 156 cm³/mol. The van der Waals surface area contributed by atoms with Gasteiger partial charge >= 0.3 is 11.7 Å². The van der Waals surface area contributed by atoms with Crippen LogP contribution in [-0.4, -0.2) is 115 Å². The zero-order valence-electron chi connectivity index (χ0n) is 24.4. The summed E-state index contributed by atoms with van der Waals surface area (Å²) in [6.07, 6.45) is 1.82. The zero-order valence-corrected chi connectivity index (χ0v) is 24.4. The summed E-state index contributed by atoms with van der Waals surface area (Å²) in [7, 11) is 1.72. The number of anilines is 1. The van der Waals surface area contributed by atoms with E-state index in [0.29, 0.717) is 82.7 Å². The highest BCUT2D eigenvalue weighted by Gasteiger charge is 2.16. The van der Waals surface area contributed by atoms with Gasteiger partial charge in [0.05, 0.1) is 72.6 Å². The molecule has 4 N–H and O–H groups in total. The molecule has 3 rings (SSSR count). The Kier molecular flexibility index (Phi) is 14.2. The van der Waals surface area contributed by atoms with E-state index in [2.05, 4.69) is 21.9 Å². The highest BCUT2D eigenvalue weighted by atomic mass is 16.6. The minimum atomic E-state index is -0.365. The third-order valence-corrected chi connectivity index (χ3v) is 6.17. The van der Waals surface area contributed by atoms with Gasteiger partial charge in [-0.3, -0.25) is 9.36 Å². The van der Waals surface area contributed by atoms with Gasteiger partial charge < -0.3 is 44.4 Å². The van der Waals surface area contributed by atoms with Crippen molar-refractivity contribution in [2.24, 2.45) is 0 Å². The Morgan fingerprint density at radius 3 is 2.19 bits per heavy atom. The van der Waals surface area contributed by atoms with Gasteiger partial charge in [-0.2, -0.15) is 9.97 Å². The molecule has 0 aliphatic carbocycles. The summed E-state index contributed by atoms with van der Waals surface area (Å²) in [5, 5.41) is 8.61. The molecule has 1 aromatic carbocycles. The van der Waals surface area contributed by atoms with Gasteiger partial charge in [0.25, 0.3) is 5.91 Å². The number of H-pyrrole nitrogens is 1. The van der Waals surface area contributed by atoms with Crippen LogP contribution in [0.15, 0.2) is 29.1 Å². The number of likely N-dealkylation sites (N-methyl/N-ethyl adjacent to an activating group) is 1. The monoisotopic (exact) mass is 590 g/mol. The van der Waals surface area contributed by atoms with Crippen LogP contribution >= 0.6 is 0 Å². The van der Waals surface area contributed by atoms with Crippen LogP contribution in [0.25, 0.3) is 11.2 Å². The lowest BCUT2D eigenvalue weighted by Gasteiger charge is -2.17. The summed E-state index contributed by atoms with van der Waals surface area (Å²) < 4.78 is 28.5. The summed E-state index contributed by atoms with van der Waals surface area (Å²) in [4.78, 5) is 38.3. The van der Waals surface area contributed by atoms with Gasteiger partial charge in [-0.1, -0.05) is 25.5 Å². The van der Waals surface area contributed by atoms with E-state index in [0.717, 1.165) is 18.4 Å². The third-order valence-electron chi connectivity index (χ3n) is 6.17. The van der Waals surface area contributed by atoms with Crippen molar-refractivity contribution in [2.45, 2.75) is 26.3 Å². The number of imidazole rings is 1. The number of carbonyl (C=O) groups excluding carboxylic acids is 1. The fraction of sp³-hybridized carbons (Fsp3) is 0.571. The van der Waals surface area contributed by atoms with Crippen molar-refractivity contribution >= 4 is 22.9 Å². The number of hydrogen-bond acceptors (Lipinski definition) is 11. The second kappa shape index (κ2) is 18.1. The van der Waals surface area contributed by atoms with Crippen LogP contribution in [0.3, 0.4) is 0 Å². The first-order valence-corrected chi connectivity index (χ1v) is 14.1. The Hall–Kier alpha value is -3.56. The second-order valence-electron chi connectivity index (χ2n) is 9.41. The first-order chi connectivity index (χ1) is 20.4. The van der Waals surface area contributed by atoms with Crippen molar-refractivity contribution in [3.05, 3.63) is 45.9 Å². The number of nitrogen functional groups attached to an aromatic ring is 1. The van der Waals surface area contributed by atoms with Crippen molar-refractivity contribution in [1.29, 1.82) is 0 Å². The van der Waals surface area contributed by atoms with E-state index in [-0.39, 0.29) is 36.6 Å². The van der Waals surface area contributed by atoms with E-state index in [1.54, 1.807) is 36.2 Å². The molecule has 2 heterocycles. The highest BCUT2D eigenvalue weighted by molar-refractivity contribution is 5.94. The number of rotatable bonds is 21. The zero-order chi connectivity index (χ0) is 30.2. The van der Waals surface area contributed by atoms with Gasteiger partial charge in [0, 0.05) is 19.2 Å². The van der Waals surface area contributed by atoms with Gasteiger partial charge in [0.2, 0.25) is 0 Å². The van der Waals surface area contributed by atoms with E-state index in [4.69, 9.17) is 34.5 Å². The minimum Gasteiger partial charge on any atom is -0.463 e. The number of unbranched alkanes of at least 4 members (excludes halogenated alkanes) is 1. The average Bonchev–Trinajstić information content (AvgIpc) is 3.30. The highest BCUT2D eigenvalue weighted by Crippen LogP contribution is 2.19. The maximum absolute atomic E-state index is 12.8. The number of aliphatic hydroxyl groups is 1. The molecule has 42 heavy (non-hydrogen) atoms. The Labute approximate surface area is 244 Å². The number of aromatic nitrogens is 4. The van der Waals surface area contributed by atoms with Gasteiger partial charge in [-0.05, 0) is 24.1 Å². The maximum atomic E-state index is 12.8. The molecule has 0 bridgehead atoms. The van der Waals surface area contributed by atoms with E-state index in [9.17, 15) is 9.59 Å². The molecule has 0 saturated carbocycles. The Morgan fingerprint density at radius 2 is 1.57 bits per heavy atom. The van der Waals surface area contributed by atoms with Crippen molar-refractivity contribution in [1.82, 2.24) is 24.4 Å². The van der Waals surface area contributed by atoms with Crippen molar-refractivity contribution < 1.29 is 33.6 Å². The lowest BCUT2D eigenvalue weighted by Crippen LogP contribution is -2.30. The SMILES string of the molecule is CCCCOc1nc(N)c2[nH]c(=O)n(Cc3ccc(C(=O)N(C)CCOCCOCCOCCOCCO)cc3)c2n1. The summed E-state index contributed by atoms with van der Waals surface area (Å²) in [5.74, 6) is 0.00521. The number of benzene rings is 1. The van der Waals surface area contributed by atoms with Crippen LogP contribution in [0.5, 0.6) is 6.01 Å². The number of aromatic amines is 1. The summed E-state index contributed by atoms with van der Waals surface area (Å²) >= 11 is 0. The molecular weight excluding hydrogens is 548 g/mol. The molecule has 0 aliphatic rings. The van der Waals surface area contributed by atoms with Crippen molar-refractivity contribution in [2.75, 3.05) is 85.4 Å². The maximum Gasteiger partial charge on any atom is 0.328 e. The minimum absolute atomic E-state index is 0.00213. The second-order valence-corrected chi connectivity index (χ2v) is 9.41. The number of hydrogen-bond donors (Lipinski definition) is 3. The van der Waals surface area contributed by atoms with Crippen LogP contribution in [0.1, 0.15) is 35.7 Å². The number of aliphatic hydroxyl groups excluding tert-OH is 1. The molecule has 14 nitrogen and oxygen atoms in total. The number of fused-ring (bicyclic) bond motifs is 1.